The van der Waals surface area contributed by atoms with Crippen LogP contribution in [0.4, 0.5) is 0 Å². The number of para-hydroxylation sites is 2. The monoisotopic (exact) mass is 740 g/mol. The second-order valence-corrected chi connectivity index (χ2v) is 14.8. The van der Waals surface area contributed by atoms with E-state index in [2.05, 4.69) is 187 Å². The largest absolute Gasteiger partial charge is 0.455 e. The molecule has 58 heavy (non-hydrogen) atoms. The maximum absolute atomic E-state index is 6.62. The highest BCUT2D eigenvalue weighted by molar-refractivity contribution is 6.21. The summed E-state index contributed by atoms with van der Waals surface area (Å²) in [6, 6.07) is 68.0. The summed E-state index contributed by atoms with van der Waals surface area (Å²) in [5.74, 6) is 1.71. The van der Waals surface area contributed by atoms with Crippen LogP contribution < -0.4 is 0 Å². The highest BCUT2D eigenvalue weighted by Gasteiger charge is 2.22. The fraction of sp³-hybridized carbons (Fsp3) is 0. The standard InChI is InChI=1S/C53H32N4O/c1-2-14-33(15-3-1)39-19-8-9-20-40(39)34-26-28-35(29-27-34)51-54-52(45-31-38-18-6-7-21-41(38)50-49(45)43-23-11-13-25-48(43)58-50)56-53(55-51)57-46-24-12-10-22-42(46)44-30-36-16-4-5-17-37(36)32-47(44)57/h1-32H. The molecule has 0 aliphatic heterocycles. The number of furan rings is 1. The SMILES string of the molecule is c1ccc(-c2ccccc2-c2ccc(-c3nc(-c4cc5ccccc5c5oc6ccccc6c45)nc(-n4c5ccccc5c5cc6ccccc6cc54)n3)cc2)cc1. The number of nitrogens with zero attached hydrogens (tertiary/aromatic N) is 4. The van der Waals surface area contributed by atoms with Crippen LogP contribution in [0.5, 0.6) is 0 Å². The lowest BCUT2D eigenvalue weighted by Crippen LogP contribution is -2.06. The van der Waals surface area contributed by atoms with Gasteiger partial charge in [0, 0.05) is 38.1 Å². The molecular weight excluding hydrogens is 709 g/mol. The fourth-order valence-electron chi connectivity index (χ4n) is 8.72. The predicted molar refractivity (Wildman–Crippen MR) is 238 cm³/mol. The number of aromatic nitrogens is 4. The van der Waals surface area contributed by atoms with E-state index in [1.165, 1.54) is 22.1 Å². The van der Waals surface area contributed by atoms with Crippen molar-refractivity contribution in [2.24, 2.45) is 0 Å². The summed E-state index contributed by atoms with van der Waals surface area (Å²) < 4.78 is 8.82. The fourth-order valence-corrected chi connectivity index (χ4v) is 8.72. The summed E-state index contributed by atoms with van der Waals surface area (Å²) in [4.78, 5) is 16.1. The number of fused-ring (bicyclic) bond motifs is 9. The Hall–Kier alpha value is -7.89. The topological polar surface area (TPSA) is 56.7 Å². The molecule has 3 aromatic heterocycles. The smallest absolute Gasteiger partial charge is 0.238 e. The molecular formula is C53H32N4O. The Kier molecular flexibility index (Phi) is 7.16. The van der Waals surface area contributed by atoms with Crippen LogP contribution in [0.15, 0.2) is 199 Å². The lowest BCUT2D eigenvalue weighted by Gasteiger charge is -2.13. The van der Waals surface area contributed by atoms with Crippen LogP contribution in [0.1, 0.15) is 0 Å². The van der Waals surface area contributed by atoms with Crippen molar-refractivity contribution < 1.29 is 4.42 Å². The van der Waals surface area contributed by atoms with Crippen molar-refractivity contribution in [2.75, 3.05) is 0 Å². The number of benzene rings is 9. The molecule has 5 nitrogen and oxygen atoms in total. The van der Waals surface area contributed by atoms with Gasteiger partial charge in [0.15, 0.2) is 11.6 Å². The molecule has 0 N–H and O–H groups in total. The van der Waals surface area contributed by atoms with Gasteiger partial charge in [-0.2, -0.15) is 9.97 Å². The molecule has 9 aromatic carbocycles. The Morgan fingerprint density at radius 3 is 1.74 bits per heavy atom. The maximum Gasteiger partial charge on any atom is 0.238 e. The molecule has 3 heterocycles. The van der Waals surface area contributed by atoms with Crippen molar-refractivity contribution >= 4 is 65.3 Å². The van der Waals surface area contributed by atoms with Gasteiger partial charge in [0.25, 0.3) is 0 Å². The molecule has 0 atom stereocenters. The van der Waals surface area contributed by atoms with Crippen molar-refractivity contribution in [3.63, 3.8) is 0 Å². The van der Waals surface area contributed by atoms with Crippen LogP contribution in [0, 0.1) is 0 Å². The average molecular weight is 741 g/mol. The summed E-state index contributed by atoms with van der Waals surface area (Å²) in [5, 5.41) is 8.74. The van der Waals surface area contributed by atoms with Crippen molar-refractivity contribution in [2.45, 2.75) is 0 Å². The molecule has 0 spiro atoms. The summed E-state index contributed by atoms with van der Waals surface area (Å²) in [5.41, 5.74) is 10.2. The Labute approximate surface area is 333 Å². The third-order valence-corrected chi connectivity index (χ3v) is 11.4. The normalized spacial score (nSPS) is 11.8. The minimum absolute atomic E-state index is 0.550. The maximum atomic E-state index is 6.62. The Morgan fingerprint density at radius 1 is 0.362 bits per heavy atom. The summed E-state index contributed by atoms with van der Waals surface area (Å²) in [6.45, 7) is 0. The van der Waals surface area contributed by atoms with Gasteiger partial charge in [0.2, 0.25) is 5.95 Å². The first kappa shape index (κ1) is 32.4. The molecule has 0 aliphatic carbocycles. The second kappa shape index (κ2) is 12.8. The van der Waals surface area contributed by atoms with Crippen LogP contribution in [0.25, 0.3) is 116 Å². The first-order valence-electron chi connectivity index (χ1n) is 19.5. The van der Waals surface area contributed by atoms with Gasteiger partial charge < -0.3 is 4.42 Å². The van der Waals surface area contributed by atoms with Crippen molar-refractivity contribution in [1.82, 2.24) is 19.5 Å². The van der Waals surface area contributed by atoms with Crippen molar-refractivity contribution in [3.8, 4) is 51.0 Å². The van der Waals surface area contributed by atoms with Crippen LogP contribution >= 0.6 is 0 Å². The summed E-state index contributed by atoms with van der Waals surface area (Å²) >= 11 is 0. The highest BCUT2D eigenvalue weighted by atomic mass is 16.3. The number of rotatable bonds is 5. The van der Waals surface area contributed by atoms with E-state index in [0.29, 0.717) is 17.6 Å². The minimum Gasteiger partial charge on any atom is -0.455 e. The number of hydrogen-bond donors (Lipinski definition) is 0. The van der Waals surface area contributed by atoms with Crippen LogP contribution in [-0.2, 0) is 0 Å². The quantitative estimate of drug-likeness (QED) is 0.176. The van der Waals surface area contributed by atoms with Crippen LogP contribution in [0.2, 0.25) is 0 Å². The first-order valence-corrected chi connectivity index (χ1v) is 19.5. The van der Waals surface area contributed by atoms with E-state index in [1.807, 2.05) is 12.1 Å². The van der Waals surface area contributed by atoms with Gasteiger partial charge in [-0.15, -0.1) is 0 Å². The van der Waals surface area contributed by atoms with E-state index in [1.54, 1.807) is 0 Å². The van der Waals surface area contributed by atoms with Gasteiger partial charge in [0.1, 0.15) is 11.2 Å². The van der Waals surface area contributed by atoms with Crippen molar-refractivity contribution in [3.05, 3.63) is 194 Å². The molecule has 0 radical (unpaired) electrons. The molecule has 0 saturated heterocycles. The van der Waals surface area contributed by atoms with E-state index in [4.69, 9.17) is 19.4 Å². The Morgan fingerprint density at radius 2 is 0.948 bits per heavy atom. The lowest BCUT2D eigenvalue weighted by molar-refractivity contribution is 0.672. The summed E-state index contributed by atoms with van der Waals surface area (Å²) in [6.07, 6.45) is 0. The van der Waals surface area contributed by atoms with E-state index in [9.17, 15) is 0 Å². The zero-order chi connectivity index (χ0) is 38.2. The van der Waals surface area contributed by atoms with Crippen molar-refractivity contribution in [1.29, 1.82) is 0 Å². The number of hydrogen-bond acceptors (Lipinski definition) is 4. The zero-order valence-electron chi connectivity index (χ0n) is 31.2. The van der Waals surface area contributed by atoms with Gasteiger partial charge in [-0.3, -0.25) is 4.57 Å². The Bertz CT molecular complexity index is 3560. The van der Waals surface area contributed by atoms with Gasteiger partial charge in [-0.1, -0.05) is 164 Å². The third kappa shape index (κ3) is 5.07. The molecule has 0 aliphatic rings. The van der Waals surface area contributed by atoms with E-state index in [-0.39, 0.29) is 0 Å². The third-order valence-electron chi connectivity index (χ3n) is 11.4. The molecule has 12 aromatic rings. The highest BCUT2D eigenvalue weighted by Crippen LogP contribution is 2.42. The molecule has 0 saturated carbocycles. The van der Waals surface area contributed by atoms with E-state index >= 15 is 0 Å². The zero-order valence-corrected chi connectivity index (χ0v) is 31.2. The van der Waals surface area contributed by atoms with E-state index < -0.39 is 0 Å². The Balaban J connectivity index is 1.13. The second-order valence-electron chi connectivity index (χ2n) is 14.8. The molecule has 0 amide bonds. The van der Waals surface area contributed by atoms with Crippen LogP contribution in [0.3, 0.4) is 0 Å². The predicted octanol–water partition coefficient (Wildman–Crippen LogP) is 13.8. The molecule has 0 bridgehead atoms. The van der Waals surface area contributed by atoms with Gasteiger partial charge >= 0.3 is 0 Å². The van der Waals surface area contributed by atoms with Gasteiger partial charge in [0.05, 0.1) is 11.0 Å². The molecule has 0 unspecified atom stereocenters. The lowest BCUT2D eigenvalue weighted by atomic mass is 9.94. The summed E-state index contributed by atoms with van der Waals surface area (Å²) in [7, 11) is 0. The van der Waals surface area contributed by atoms with E-state index in [0.717, 1.165) is 76.6 Å². The average Bonchev–Trinajstić information content (AvgIpc) is 3.84. The van der Waals surface area contributed by atoms with Crippen LogP contribution in [-0.4, -0.2) is 19.5 Å². The van der Waals surface area contributed by atoms with Gasteiger partial charge in [-0.25, -0.2) is 4.98 Å². The molecule has 0 fully saturated rings. The molecule has 12 rings (SSSR count). The minimum atomic E-state index is 0.550. The van der Waals surface area contributed by atoms with Gasteiger partial charge in [-0.05, 0) is 68.7 Å². The molecule has 270 valence electrons. The molecule has 5 heteroatoms. The first-order chi connectivity index (χ1) is 28.7.